The Morgan fingerprint density at radius 1 is 1.20 bits per heavy atom. The van der Waals surface area contributed by atoms with Crippen LogP contribution in [0, 0.1) is 5.41 Å². The molecule has 1 aliphatic carbocycles. The highest BCUT2D eigenvalue weighted by molar-refractivity contribution is 8.00. The molecule has 1 N–H and O–H groups in total. The van der Waals surface area contributed by atoms with E-state index >= 15 is 0 Å². The summed E-state index contributed by atoms with van der Waals surface area (Å²) in [6.07, 6.45) is 2.08. The van der Waals surface area contributed by atoms with Gasteiger partial charge in [-0.15, -0.1) is 11.8 Å². The van der Waals surface area contributed by atoms with Crippen LogP contribution in [-0.4, -0.2) is 47.0 Å². The Balaban J connectivity index is 1.86. The van der Waals surface area contributed by atoms with Crippen LogP contribution in [0.15, 0.2) is 24.3 Å². The number of rotatable bonds is 4. The first-order valence-electron chi connectivity index (χ1n) is 8.70. The molecule has 0 aromatic heterocycles. The number of ether oxygens (including phenoxy) is 1. The Labute approximate surface area is 153 Å². The summed E-state index contributed by atoms with van der Waals surface area (Å²) in [4.78, 5) is 27.7. The minimum Gasteiger partial charge on any atom is -0.497 e. The molecule has 136 valence electrons. The molecule has 2 atom stereocenters. The molecule has 0 radical (unpaired) electrons. The molecule has 1 aromatic carbocycles. The van der Waals surface area contributed by atoms with E-state index in [-0.39, 0.29) is 22.6 Å². The second kappa shape index (κ2) is 6.90. The Kier molecular flexibility index (Phi) is 5.00. The first-order valence-corrected chi connectivity index (χ1v) is 9.75. The number of nitrogens with zero attached hydrogens (tertiary/aromatic N) is 1. The van der Waals surface area contributed by atoms with Crippen molar-refractivity contribution in [3.8, 4) is 5.75 Å². The molecule has 3 rings (SSSR count). The van der Waals surface area contributed by atoms with Gasteiger partial charge < -0.3 is 15.0 Å². The second-order valence-electron chi connectivity index (χ2n) is 7.79. The molecule has 25 heavy (non-hydrogen) atoms. The number of carbonyl (C=O) groups excluding carboxylic acids is 2. The molecule has 1 heterocycles. The fourth-order valence-corrected chi connectivity index (χ4v) is 4.61. The molecule has 0 spiro atoms. The van der Waals surface area contributed by atoms with Crippen LogP contribution in [0.1, 0.15) is 44.0 Å². The fraction of sp³-hybridized carbons (Fsp3) is 0.579. The van der Waals surface area contributed by atoms with Crippen LogP contribution < -0.4 is 10.1 Å². The van der Waals surface area contributed by atoms with Crippen molar-refractivity contribution in [3.63, 3.8) is 0 Å². The lowest BCUT2D eigenvalue weighted by Gasteiger charge is -2.36. The molecular weight excluding hydrogens is 336 g/mol. The van der Waals surface area contributed by atoms with E-state index in [1.807, 2.05) is 0 Å². The van der Waals surface area contributed by atoms with Crippen molar-refractivity contribution in [2.24, 2.45) is 5.41 Å². The monoisotopic (exact) mass is 362 g/mol. The minimum absolute atomic E-state index is 0.0244. The molecule has 1 saturated carbocycles. The Bertz CT molecular complexity index is 650. The van der Waals surface area contributed by atoms with E-state index < -0.39 is 6.04 Å². The van der Waals surface area contributed by atoms with E-state index in [1.54, 1.807) is 48.0 Å². The largest absolute Gasteiger partial charge is 0.497 e. The lowest BCUT2D eigenvalue weighted by Crippen LogP contribution is -2.52. The summed E-state index contributed by atoms with van der Waals surface area (Å²) in [5.74, 6) is 1.23. The summed E-state index contributed by atoms with van der Waals surface area (Å²) in [6, 6.07) is 6.97. The number of methoxy groups -OCH3 is 1. The topological polar surface area (TPSA) is 58.6 Å². The van der Waals surface area contributed by atoms with Gasteiger partial charge in [0, 0.05) is 17.4 Å². The maximum absolute atomic E-state index is 13.2. The van der Waals surface area contributed by atoms with Gasteiger partial charge in [0.25, 0.3) is 5.91 Å². The van der Waals surface area contributed by atoms with Crippen LogP contribution in [0.3, 0.4) is 0 Å². The van der Waals surface area contributed by atoms with Crippen molar-refractivity contribution in [3.05, 3.63) is 29.8 Å². The SMILES string of the molecule is COc1ccc(C(=O)N2C(C(=O)NC3CC3)CSC2C(C)(C)C)cc1. The Hall–Kier alpha value is -1.69. The van der Waals surface area contributed by atoms with Crippen molar-refractivity contribution in [2.75, 3.05) is 12.9 Å². The van der Waals surface area contributed by atoms with Crippen LogP contribution in [0.25, 0.3) is 0 Å². The zero-order valence-corrected chi connectivity index (χ0v) is 16.1. The highest BCUT2D eigenvalue weighted by Gasteiger charge is 2.47. The number of nitrogens with one attached hydrogen (secondary N) is 1. The van der Waals surface area contributed by atoms with Gasteiger partial charge in [-0.25, -0.2) is 0 Å². The van der Waals surface area contributed by atoms with E-state index in [9.17, 15) is 9.59 Å². The van der Waals surface area contributed by atoms with E-state index in [0.717, 1.165) is 12.8 Å². The Morgan fingerprint density at radius 2 is 1.84 bits per heavy atom. The van der Waals surface area contributed by atoms with E-state index in [4.69, 9.17) is 4.74 Å². The average Bonchev–Trinajstić information content (AvgIpc) is 3.26. The zero-order chi connectivity index (χ0) is 18.2. The van der Waals surface area contributed by atoms with Gasteiger partial charge in [0.05, 0.1) is 12.5 Å². The molecule has 5 nitrogen and oxygen atoms in total. The van der Waals surface area contributed by atoms with E-state index in [1.165, 1.54) is 0 Å². The molecule has 2 aliphatic rings. The number of hydrogen-bond acceptors (Lipinski definition) is 4. The van der Waals surface area contributed by atoms with Crippen molar-refractivity contribution >= 4 is 23.6 Å². The zero-order valence-electron chi connectivity index (χ0n) is 15.2. The van der Waals surface area contributed by atoms with Crippen LogP contribution in [0.2, 0.25) is 0 Å². The van der Waals surface area contributed by atoms with Gasteiger partial charge >= 0.3 is 0 Å². The second-order valence-corrected chi connectivity index (χ2v) is 8.90. The highest BCUT2D eigenvalue weighted by atomic mass is 32.2. The predicted octanol–water partition coefficient (Wildman–Crippen LogP) is 2.90. The average molecular weight is 362 g/mol. The summed E-state index contributed by atoms with van der Waals surface area (Å²) in [5.41, 5.74) is 0.475. The highest BCUT2D eigenvalue weighted by Crippen LogP contribution is 2.41. The van der Waals surface area contributed by atoms with Crippen molar-refractivity contribution in [1.29, 1.82) is 0 Å². The van der Waals surface area contributed by atoms with Crippen LogP contribution in [0.5, 0.6) is 5.75 Å². The summed E-state index contributed by atoms with van der Waals surface area (Å²) >= 11 is 1.69. The van der Waals surface area contributed by atoms with Gasteiger partial charge in [0.15, 0.2) is 0 Å². The predicted molar refractivity (Wildman–Crippen MR) is 99.8 cm³/mol. The number of amides is 2. The number of thioether (sulfide) groups is 1. The quantitative estimate of drug-likeness (QED) is 0.895. The van der Waals surface area contributed by atoms with Crippen LogP contribution in [0.4, 0.5) is 0 Å². The van der Waals surface area contributed by atoms with Gasteiger partial charge in [-0.1, -0.05) is 20.8 Å². The molecule has 2 fully saturated rings. The van der Waals surface area contributed by atoms with Crippen molar-refractivity contribution < 1.29 is 14.3 Å². The number of carbonyl (C=O) groups is 2. The molecule has 0 bridgehead atoms. The van der Waals surface area contributed by atoms with Gasteiger partial charge in [-0.3, -0.25) is 9.59 Å². The first-order chi connectivity index (χ1) is 11.8. The molecule has 1 aromatic rings. The number of hydrogen-bond donors (Lipinski definition) is 1. The third-order valence-corrected chi connectivity index (χ3v) is 6.30. The Morgan fingerprint density at radius 3 is 2.36 bits per heavy atom. The van der Waals surface area contributed by atoms with Gasteiger partial charge in [-0.05, 0) is 42.5 Å². The first kappa shape index (κ1) is 18.1. The van der Waals surface area contributed by atoms with Crippen LogP contribution in [-0.2, 0) is 4.79 Å². The summed E-state index contributed by atoms with van der Waals surface area (Å²) in [5, 5.41) is 3.03. The maximum Gasteiger partial charge on any atom is 0.255 e. The van der Waals surface area contributed by atoms with Gasteiger partial charge in [-0.2, -0.15) is 0 Å². The standard InChI is InChI=1S/C19H26N2O3S/c1-19(2,3)18-21(15(11-25-18)16(22)20-13-7-8-13)17(23)12-5-9-14(24-4)10-6-12/h5-6,9-10,13,15,18H,7-8,11H2,1-4H3,(H,20,22). The normalized spacial score (nSPS) is 23.4. The summed E-state index contributed by atoms with van der Waals surface area (Å²) < 4.78 is 5.17. The lowest BCUT2D eigenvalue weighted by molar-refractivity contribution is -0.125. The maximum atomic E-state index is 13.2. The van der Waals surface area contributed by atoms with Gasteiger partial charge in [0.2, 0.25) is 5.91 Å². The summed E-state index contributed by atoms with van der Waals surface area (Å²) in [6.45, 7) is 6.33. The van der Waals surface area contributed by atoms with E-state index in [0.29, 0.717) is 23.1 Å². The smallest absolute Gasteiger partial charge is 0.255 e. The minimum atomic E-state index is -0.413. The third kappa shape index (κ3) is 3.94. The summed E-state index contributed by atoms with van der Waals surface area (Å²) in [7, 11) is 1.60. The van der Waals surface area contributed by atoms with Crippen molar-refractivity contribution in [1.82, 2.24) is 10.2 Å². The molecule has 1 saturated heterocycles. The van der Waals surface area contributed by atoms with E-state index in [2.05, 4.69) is 26.1 Å². The molecule has 2 unspecified atom stereocenters. The molecule has 6 heteroatoms. The third-order valence-electron chi connectivity index (χ3n) is 4.54. The molecule has 2 amide bonds. The number of benzene rings is 1. The van der Waals surface area contributed by atoms with Crippen molar-refractivity contribution in [2.45, 2.75) is 51.1 Å². The lowest BCUT2D eigenvalue weighted by atomic mass is 9.94. The van der Waals surface area contributed by atoms with Crippen LogP contribution >= 0.6 is 11.8 Å². The van der Waals surface area contributed by atoms with Gasteiger partial charge in [0.1, 0.15) is 11.8 Å². The molecule has 1 aliphatic heterocycles. The molecular formula is C19H26N2O3S. The fourth-order valence-electron chi connectivity index (χ4n) is 3.03.